The molecule has 0 fully saturated rings. The van der Waals surface area contributed by atoms with E-state index >= 15 is 0 Å². The molecule has 1 aromatic heterocycles. The van der Waals surface area contributed by atoms with Crippen molar-refractivity contribution < 1.29 is 0 Å². The Kier molecular flexibility index (Phi) is 4.57. The fourth-order valence-electron chi connectivity index (χ4n) is 0.971. The third kappa shape index (κ3) is 2.79. The van der Waals surface area contributed by atoms with Gasteiger partial charge >= 0.3 is 0 Å². The van der Waals surface area contributed by atoms with Crippen LogP contribution in [0.3, 0.4) is 0 Å². The minimum absolute atomic E-state index is 0.418. The number of rotatable bonds is 3. The average molecular weight is 269 g/mol. The Labute approximate surface area is 103 Å². The molecule has 14 heavy (non-hydrogen) atoms. The highest BCUT2D eigenvalue weighted by Crippen LogP contribution is 2.34. The SMILES string of the molecule is CCCC(=S)N(C)c1sc(Cl)nc1Cl. The summed E-state index contributed by atoms with van der Waals surface area (Å²) < 4.78 is 0.441. The van der Waals surface area contributed by atoms with Crippen LogP contribution in [0.25, 0.3) is 0 Å². The van der Waals surface area contributed by atoms with Crippen LogP contribution >= 0.6 is 46.8 Å². The van der Waals surface area contributed by atoms with Gasteiger partial charge in [-0.15, -0.1) is 0 Å². The second-order valence-corrected chi connectivity index (χ2v) is 5.15. The van der Waals surface area contributed by atoms with Gasteiger partial charge in [0.05, 0.1) is 4.99 Å². The molecule has 0 atom stereocenters. The van der Waals surface area contributed by atoms with Crippen LogP contribution in [0, 0.1) is 0 Å². The molecule has 0 spiro atoms. The van der Waals surface area contributed by atoms with Gasteiger partial charge in [-0.1, -0.05) is 53.7 Å². The highest BCUT2D eigenvalue weighted by molar-refractivity contribution is 7.80. The second kappa shape index (κ2) is 5.26. The standard InChI is InChI=1S/C8H10Cl2N2S2/c1-3-4-5(13)12(2)7-6(9)11-8(10)14-7/h3-4H2,1-2H3. The van der Waals surface area contributed by atoms with Gasteiger partial charge < -0.3 is 4.90 Å². The summed E-state index contributed by atoms with van der Waals surface area (Å²) in [6.45, 7) is 2.08. The molecule has 1 rings (SSSR count). The number of thiazole rings is 1. The molecule has 6 heteroatoms. The first-order valence-corrected chi connectivity index (χ1v) is 6.12. The molecule has 78 valence electrons. The van der Waals surface area contributed by atoms with Crippen molar-refractivity contribution in [3.05, 3.63) is 9.62 Å². The van der Waals surface area contributed by atoms with Gasteiger partial charge in [0.15, 0.2) is 9.62 Å². The zero-order valence-corrected chi connectivity index (χ0v) is 11.0. The molecule has 0 aliphatic rings. The van der Waals surface area contributed by atoms with Crippen molar-refractivity contribution >= 4 is 56.7 Å². The van der Waals surface area contributed by atoms with Gasteiger partial charge in [0.1, 0.15) is 5.00 Å². The smallest absolute Gasteiger partial charge is 0.187 e. The van der Waals surface area contributed by atoms with Gasteiger partial charge in [-0.25, -0.2) is 4.98 Å². The van der Waals surface area contributed by atoms with Gasteiger partial charge in [0.25, 0.3) is 0 Å². The molecule has 0 aliphatic heterocycles. The molecular weight excluding hydrogens is 259 g/mol. The highest BCUT2D eigenvalue weighted by Gasteiger charge is 2.14. The molecule has 0 saturated carbocycles. The molecule has 0 amide bonds. The lowest BCUT2D eigenvalue weighted by atomic mass is 10.3. The predicted molar refractivity (Wildman–Crippen MR) is 68.0 cm³/mol. The summed E-state index contributed by atoms with van der Waals surface area (Å²) in [6, 6.07) is 0. The van der Waals surface area contributed by atoms with E-state index in [4.69, 9.17) is 35.4 Å². The topological polar surface area (TPSA) is 16.1 Å². The molecule has 0 saturated heterocycles. The average Bonchev–Trinajstić information content (AvgIpc) is 2.44. The highest BCUT2D eigenvalue weighted by atomic mass is 35.5. The van der Waals surface area contributed by atoms with Crippen LogP contribution in [0.1, 0.15) is 19.8 Å². The first-order chi connectivity index (χ1) is 6.56. The Hall–Kier alpha value is 0.1000. The zero-order valence-electron chi connectivity index (χ0n) is 7.88. The van der Waals surface area contributed by atoms with Gasteiger partial charge in [-0.05, 0) is 12.8 Å². The van der Waals surface area contributed by atoms with E-state index in [0.717, 1.165) is 22.8 Å². The van der Waals surface area contributed by atoms with Crippen LogP contribution in [-0.2, 0) is 0 Å². The maximum absolute atomic E-state index is 5.90. The Balaban J connectivity index is 2.83. The van der Waals surface area contributed by atoms with E-state index in [9.17, 15) is 0 Å². The van der Waals surface area contributed by atoms with Crippen molar-refractivity contribution in [2.75, 3.05) is 11.9 Å². The minimum Gasteiger partial charge on any atom is -0.328 e. The maximum Gasteiger partial charge on any atom is 0.187 e. The summed E-state index contributed by atoms with van der Waals surface area (Å²) in [4.78, 5) is 6.64. The molecule has 0 unspecified atom stereocenters. The molecule has 0 aliphatic carbocycles. The van der Waals surface area contributed by atoms with Gasteiger partial charge in [-0.2, -0.15) is 0 Å². The van der Waals surface area contributed by atoms with E-state index in [1.54, 1.807) is 0 Å². The van der Waals surface area contributed by atoms with Crippen LogP contribution in [0.4, 0.5) is 5.00 Å². The Morgan fingerprint density at radius 3 is 2.64 bits per heavy atom. The molecule has 2 nitrogen and oxygen atoms in total. The Morgan fingerprint density at radius 2 is 2.21 bits per heavy atom. The number of hydrogen-bond donors (Lipinski definition) is 0. The summed E-state index contributed by atoms with van der Waals surface area (Å²) in [5.74, 6) is 0. The Bertz CT molecular complexity index is 338. The van der Waals surface area contributed by atoms with Crippen LogP contribution in [0.15, 0.2) is 0 Å². The van der Waals surface area contributed by atoms with E-state index in [0.29, 0.717) is 9.62 Å². The van der Waals surface area contributed by atoms with Gasteiger partial charge in [0, 0.05) is 7.05 Å². The molecule has 0 N–H and O–H groups in total. The van der Waals surface area contributed by atoms with E-state index < -0.39 is 0 Å². The first-order valence-electron chi connectivity index (χ1n) is 4.14. The summed E-state index contributed by atoms with van der Waals surface area (Å²) >= 11 is 18.2. The van der Waals surface area contributed by atoms with E-state index in [2.05, 4.69) is 11.9 Å². The molecule has 1 aromatic rings. The van der Waals surface area contributed by atoms with Crippen molar-refractivity contribution in [2.24, 2.45) is 0 Å². The van der Waals surface area contributed by atoms with Gasteiger partial charge in [0.2, 0.25) is 0 Å². The van der Waals surface area contributed by atoms with Crippen LogP contribution in [-0.4, -0.2) is 17.0 Å². The number of aromatic nitrogens is 1. The number of halogens is 2. The number of hydrogen-bond acceptors (Lipinski definition) is 3. The molecule has 0 radical (unpaired) electrons. The van der Waals surface area contributed by atoms with Crippen molar-refractivity contribution in [1.29, 1.82) is 0 Å². The van der Waals surface area contributed by atoms with E-state index in [1.165, 1.54) is 11.3 Å². The normalized spacial score (nSPS) is 10.3. The molecule has 1 heterocycles. The minimum atomic E-state index is 0.418. The number of thiocarbonyl (C=S) groups is 1. The monoisotopic (exact) mass is 268 g/mol. The summed E-state index contributed by atoms with van der Waals surface area (Å²) in [6.07, 6.45) is 1.89. The van der Waals surface area contributed by atoms with Crippen LogP contribution < -0.4 is 4.90 Å². The van der Waals surface area contributed by atoms with Crippen LogP contribution in [0.5, 0.6) is 0 Å². The third-order valence-corrected chi connectivity index (χ3v) is 3.78. The molecular formula is C8H10Cl2N2S2. The number of anilines is 1. The van der Waals surface area contributed by atoms with Crippen molar-refractivity contribution in [1.82, 2.24) is 4.98 Å². The van der Waals surface area contributed by atoms with E-state index in [-0.39, 0.29) is 0 Å². The van der Waals surface area contributed by atoms with Crippen LogP contribution in [0.2, 0.25) is 9.62 Å². The summed E-state index contributed by atoms with van der Waals surface area (Å²) in [7, 11) is 1.88. The number of nitrogens with zero attached hydrogens (tertiary/aromatic N) is 2. The molecule has 0 aromatic carbocycles. The van der Waals surface area contributed by atoms with Crippen molar-refractivity contribution in [3.63, 3.8) is 0 Å². The molecule has 0 bridgehead atoms. The largest absolute Gasteiger partial charge is 0.328 e. The summed E-state index contributed by atoms with van der Waals surface area (Å²) in [5, 5.41) is 1.23. The fourth-order valence-corrected chi connectivity index (χ4v) is 2.72. The first kappa shape index (κ1) is 12.2. The Morgan fingerprint density at radius 1 is 1.57 bits per heavy atom. The maximum atomic E-state index is 5.90. The lowest BCUT2D eigenvalue weighted by Crippen LogP contribution is -2.23. The third-order valence-electron chi connectivity index (χ3n) is 1.69. The lowest BCUT2D eigenvalue weighted by Gasteiger charge is -2.17. The predicted octanol–water partition coefficient (Wildman–Crippen LogP) is 4.01. The van der Waals surface area contributed by atoms with E-state index in [1.807, 2.05) is 11.9 Å². The quantitative estimate of drug-likeness (QED) is 0.771. The van der Waals surface area contributed by atoms with Crippen molar-refractivity contribution in [2.45, 2.75) is 19.8 Å². The fraction of sp³-hybridized carbons (Fsp3) is 0.500. The zero-order chi connectivity index (χ0) is 10.7. The lowest BCUT2D eigenvalue weighted by molar-refractivity contribution is 0.985. The van der Waals surface area contributed by atoms with Gasteiger partial charge in [-0.3, -0.25) is 0 Å². The second-order valence-electron chi connectivity index (χ2n) is 2.77. The van der Waals surface area contributed by atoms with Crippen molar-refractivity contribution in [3.8, 4) is 0 Å². The summed E-state index contributed by atoms with van der Waals surface area (Å²) in [5.41, 5.74) is 0.